The summed E-state index contributed by atoms with van der Waals surface area (Å²) in [6, 6.07) is 14.4. The van der Waals surface area contributed by atoms with Crippen LogP contribution in [0.15, 0.2) is 42.5 Å². The lowest BCUT2D eigenvalue weighted by Crippen LogP contribution is -2.11. The summed E-state index contributed by atoms with van der Waals surface area (Å²) < 4.78 is 0. The Morgan fingerprint density at radius 3 is 2.50 bits per heavy atom. The Bertz CT molecular complexity index is 675. The molecule has 1 amide bonds. The highest BCUT2D eigenvalue weighted by molar-refractivity contribution is 6.34. The zero-order valence-corrected chi connectivity index (χ0v) is 11.3. The minimum atomic E-state index is -0.548. The van der Waals surface area contributed by atoms with Gasteiger partial charge in [0.25, 0.3) is 0 Å². The number of carbonyl (C=O) groups excluding carboxylic acids is 1. The maximum atomic E-state index is 11.1. The second-order valence-corrected chi connectivity index (χ2v) is 4.63. The van der Waals surface area contributed by atoms with Crippen LogP contribution < -0.4 is 11.1 Å². The number of hydrogen-bond donors (Lipinski definition) is 2. The molecule has 2 rings (SSSR count). The maximum absolute atomic E-state index is 11.1. The number of nitriles is 1. The average molecular weight is 286 g/mol. The summed E-state index contributed by atoms with van der Waals surface area (Å²) in [5, 5.41) is 12.2. The van der Waals surface area contributed by atoms with Crippen molar-refractivity contribution in [2.45, 2.75) is 6.54 Å². The average Bonchev–Trinajstić information content (AvgIpc) is 2.45. The lowest BCUT2D eigenvalue weighted by atomic mass is 10.1. The number of rotatable bonds is 4. The molecule has 2 aromatic rings. The summed E-state index contributed by atoms with van der Waals surface area (Å²) in [5.74, 6) is -0.548. The van der Waals surface area contributed by atoms with Crippen molar-refractivity contribution in [2.75, 3.05) is 5.32 Å². The standard InChI is InChI=1S/C15H12ClN3O/c16-14-7-12(5-6-13(14)15(18)20)19-9-11-3-1-10(8-17)2-4-11/h1-7,19H,9H2,(H2,18,20). The van der Waals surface area contributed by atoms with Gasteiger partial charge in [0.05, 0.1) is 22.2 Å². The molecule has 0 aliphatic heterocycles. The molecule has 20 heavy (non-hydrogen) atoms. The summed E-state index contributed by atoms with van der Waals surface area (Å²) in [4.78, 5) is 11.1. The molecule has 0 radical (unpaired) electrons. The maximum Gasteiger partial charge on any atom is 0.250 e. The van der Waals surface area contributed by atoms with E-state index >= 15 is 0 Å². The first-order valence-electron chi connectivity index (χ1n) is 5.92. The summed E-state index contributed by atoms with van der Waals surface area (Å²) in [5.41, 5.74) is 7.95. The predicted molar refractivity (Wildman–Crippen MR) is 78.5 cm³/mol. The highest BCUT2D eigenvalue weighted by Gasteiger charge is 2.06. The van der Waals surface area contributed by atoms with Crippen molar-refractivity contribution in [1.29, 1.82) is 5.26 Å². The Labute approximate surface area is 121 Å². The number of nitrogens with one attached hydrogen (secondary N) is 1. The van der Waals surface area contributed by atoms with E-state index in [1.54, 1.807) is 30.3 Å². The molecule has 4 nitrogen and oxygen atoms in total. The molecule has 0 bridgehead atoms. The van der Waals surface area contributed by atoms with Gasteiger partial charge in [0.2, 0.25) is 5.91 Å². The minimum absolute atomic E-state index is 0.301. The first-order valence-corrected chi connectivity index (χ1v) is 6.30. The fourth-order valence-electron chi connectivity index (χ4n) is 1.73. The third-order valence-corrected chi connectivity index (χ3v) is 3.13. The van der Waals surface area contributed by atoms with E-state index in [4.69, 9.17) is 22.6 Å². The molecular weight excluding hydrogens is 274 g/mol. The molecule has 0 saturated carbocycles. The second-order valence-electron chi connectivity index (χ2n) is 4.22. The van der Waals surface area contributed by atoms with Gasteiger partial charge in [-0.3, -0.25) is 4.79 Å². The Balaban J connectivity index is 2.05. The molecule has 0 aliphatic rings. The van der Waals surface area contributed by atoms with E-state index in [0.717, 1.165) is 11.3 Å². The molecule has 100 valence electrons. The van der Waals surface area contributed by atoms with E-state index in [1.165, 1.54) is 0 Å². The lowest BCUT2D eigenvalue weighted by Gasteiger charge is -2.08. The Morgan fingerprint density at radius 2 is 1.95 bits per heavy atom. The highest BCUT2D eigenvalue weighted by Crippen LogP contribution is 2.21. The van der Waals surface area contributed by atoms with Crippen molar-refractivity contribution >= 4 is 23.2 Å². The minimum Gasteiger partial charge on any atom is -0.381 e. The topological polar surface area (TPSA) is 78.9 Å². The summed E-state index contributed by atoms with van der Waals surface area (Å²) in [6.07, 6.45) is 0. The van der Waals surface area contributed by atoms with Crippen LogP contribution in [0.5, 0.6) is 0 Å². The fraction of sp³-hybridized carbons (Fsp3) is 0.0667. The number of hydrogen-bond acceptors (Lipinski definition) is 3. The molecule has 0 atom stereocenters. The van der Waals surface area contributed by atoms with Gasteiger partial charge < -0.3 is 11.1 Å². The van der Waals surface area contributed by atoms with Gasteiger partial charge in [0.1, 0.15) is 0 Å². The van der Waals surface area contributed by atoms with Crippen LogP contribution in [0, 0.1) is 11.3 Å². The molecule has 0 aromatic heterocycles. The summed E-state index contributed by atoms with van der Waals surface area (Å²) >= 11 is 5.97. The monoisotopic (exact) mass is 285 g/mol. The third kappa shape index (κ3) is 3.28. The first kappa shape index (κ1) is 13.9. The van der Waals surface area contributed by atoms with Crippen LogP contribution in [0.4, 0.5) is 5.69 Å². The van der Waals surface area contributed by atoms with Crippen molar-refractivity contribution in [2.24, 2.45) is 5.73 Å². The van der Waals surface area contributed by atoms with Gasteiger partial charge in [-0.25, -0.2) is 0 Å². The molecule has 3 N–H and O–H groups in total. The van der Waals surface area contributed by atoms with Gasteiger partial charge in [-0.1, -0.05) is 23.7 Å². The van der Waals surface area contributed by atoms with Crippen molar-refractivity contribution in [3.63, 3.8) is 0 Å². The SMILES string of the molecule is N#Cc1ccc(CNc2ccc(C(N)=O)c(Cl)c2)cc1. The van der Waals surface area contributed by atoms with Crippen LogP contribution in [-0.2, 0) is 6.54 Å². The van der Waals surface area contributed by atoms with Gasteiger partial charge in [-0.2, -0.15) is 5.26 Å². The van der Waals surface area contributed by atoms with Gasteiger partial charge in [0, 0.05) is 12.2 Å². The third-order valence-electron chi connectivity index (χ3n) is 2.81. The van der Waals surface area contributed by atoms with Crippen molar-refractivity contribution in [1.82, 2.24) is 0 Å². The quantitative estimate of drug-likeness (QED) is 0.906. The van der Waals surface area contributed by atoms with Crippen LogP contribution in [0.25, 0.3) is 0 Å². The van der Waals surface area contributed by atoms with Crippen LogP contribution >= 0.6 is 11.6 Å². The Kier molecular flexibility index (Phi) is 4.24. The smallest absolute Gasteiger partial charge is 0.250 e. The normalized spacial score (nSPS) is 9.80. The highest BCUT2D eigenvalue weighted by atomic mass is 35.5. The van der Waals surface area contributed by atoms with Gasteiger partial charge in [-0.05, 0) is 35.9 Å². The van der Waals surface area contributed by atoms with E-state index in [-0.39, 0.29) is 0 Å². The fourth-order valence-corrected chi connectivity index (χ4v) is 2.00. The van der Waals surface area contributed by atoms with Crippen LogP contribution in [-0.4, -0.2) is 5.91 Å². The number of nitrogens with two attached hydrogens (primary N) is 1. The van der Waals surface area contributed by atoms with E-state index < -0.39 is 5.91 Å². The Morgan fingerprint density at radius 1 is 1.25 bits per heavy atom. The van der Waals surface area contributed by atoms with Gasteiger partial charge in [0.15, 0.2) is 0 Å². The molecule has 0 fully saturated rings. The van der Waals surface area contributed by atoms with Crippen molar-refractivity contribution in [3.05, 3.63) is 64.2 Å². The summed E-state index contributed by atoms with van der Waals surface area (Å²) in [7, 11) is 0. The van der Waals surface area contributed by atoms with Gasteiger partial charge >= 0.3 is 0 Å². The number of nitrogens with zero attached hydrogens (tertiary/aromatic N) is 1. The van der Waals surface area contributed by atoms with E-state index in [2.05, 4.69) is 11.4 Å². The zero-order valence-electron chi connectivity index (χ0n) is 10.6. The molecule has 5 heteroatoms. The molecular formula is C15H12ClN3O. The van der Waals surface area contributed by atoms with Crippen LogP contribution in [0.2, 0.25) is 5.02 Å². The first-order chi connectivity index (χ1) is 9.60. The number of primary amides is 1. The van der Waals surface area contributed by atoms with Crippen molar-refractivity contribution < 1.29 is 4.79 Å². The zero-order chi connectivity index (χ0) is 14.5. The molecule has 0 aliphatic carbocycles. The predicted octanol–water partition coefficient (Wildman–Crippen LogP) is 2.92. The largest absolute Gasteiger partial charge is 0.381 e. The van der Waals surface area contributed by atoms with E-state index in [1.807, 2.05) is 12.1 Å². The molecule has 0 spiro atoms. The van der Waals surface area contributed by atoms with Crippen LogP contribution in [0.1, 0.15) is 21.5 Å². The van der Waals surface area contributed by atoms with Crippen molar-refractivity contribution in [3.8, 4) is 6.07 Å². The molecule has 0 unspecified atom stereocenters. The lowest BCUT2D eigenvalue weighted by molar-refractivity contribution is 0.100. The van der Waals surface area contributed by atoms with E-state index in [9.17, 15) is 4.79 Å². The number of halogens is 1. The number of amides is 1. The Hall–Kier alpha value is -2.51. The second kappa shape index (κ2) is 6.09. The summed E-state index contributed by atoms with van der Waals surface area (Å²) in [6.45, 7) is 0.595. The van der Waals surface area contributed by atoms with Crippen LogP contribution in [0.3, 0.4) is 0 Å². The van der Waals surface area contributed by atoms with E-state index in [0.29, 0.717) is 22.7 Å². The molecule has 0 saturated heterocycles. The molecule has 0 heterocycles. The number of carbonyl (C=O) groups is 1. The number of anilines is 1. The van der Waals surface area contributed by atoms with Gasteiger partial charge in [-0.15, -0.1) is 0 Å². The molecule has 2 aromatic carbocycles. The number of benzene rings is 2.